The van der Waals surface area contributed by atoms with Gasteiger partial charge in [-0.2, -0.15) is 5.10 Å². The highest BCUT2D eigenvalue weighted by atomic mass is 16.3. The number of H-pyrrole nitrogens is 1. The number of hydrogen-bond donors (Lipinski definition) is 4. The molecular formula is C9H14N4O2. The lowest BCUT2D eigenvalue weighted by atomic mass is 10.2. The van der Waals surface area contributed by atoms with Crippen LogP contribution in [-0.2, 0) is 0 Å². The van der Waals surface area contributed by atoms with Gasteiger partial charge in [-0.1, -0.05) is 0 Å². The summed E-state index contributed by atoms with van der Waals surface area (Å²) in [4.78, 5) is 11.5. The smallest absolute Gasteiger partial charge is 0.274 e. The van der Waals surface area contributed by atoms with Crippen molar-refractivity contribution in [1.82, 2.24) is 15.5 Å². The molecule has 0 aromatic carbocycles. The molecule has 1 amide bonds. The average molecular weight is 210 g/mol. The third-order valence-corrected chi connectivity index (χ3v) is 2.43. The number of amides is 1. The first-order valence-corrected chi connectivity index (χ1v) is 4.96. The van der Waals surface area contributed by atoms with Gasteiger partial charge in [-0.25, -0.2) is 0 Å². The molecule has 1 fully saturated rings. The zero-order chi connectivity index (χ0) is 10.8. The highest BCUT2D eigenvalue weighted by Crippen LogP contribution is 2.42. The normalized spacial score (nSPS) is 15.3. The molecule has 1 aliphatic carbocycles. The average Bonchev–Trinajstić information content (AvgIpc) is 2.99. The number of aromatic nitrogens is 2. The lowest BCUT2D eigenvalue weighted by Crippen LogP contribution is -2.27. The Kier molecular flexibility index (Phi) is 2.59. The summed E-state index contributed by atoms with van der Waals surface area (Å²) in [5, 5.41) is 17.8. The van der Waals surface area contributed by atoms with Gasteiger partial charge in [0, 0.05) is 12.5 Å². The summed E-state index contributed by atoms with van der Waals surface area (Å²) in [6.07, 6.45) is 2.20. The molecule has 1 heterocycles. The van der Waals surface area contributed by atoms with Crippen LogP contribution >= 0.6 is 0 Å². The third kappa shape index (κ3) is 1.94. The summed E-state index contributed by atoms with van der Waals surface area (Å²) in [5.41, 5.74) is 7.33. The molecule has 0 unspecified atom stereocenters. The zero-order valence-electron chi connectivity index (χ0n) is 8.29. The number of carbonyl (C=O) groups is 1. The Morgan fingerprint density at radius 2 is 2.40 bits per heavy atom. The second-order valence-corrected chi connectivity index (χ2v) is 3.65. The molecule has 1 aromatic heterocycles. The van der Waals surface area contributed by atoms with Crippen molar-refractivity contribution in [3.05, 3.63) is 11.4 Å². The van der Waals surface area contributed by atoms with Crippen LogP contribution in [0.1, 0.15) is 34.9 Å². The van der Waals surface area contributed by atoms with Gasteiger partial charge in [-0.15, -0.1) is 0 Å². The van der Waals surface area contributed by atoms with Crippen LogP contribution in [0.4, 0.5) is 5.69 Å². The van der Waals surface area contributed by atoms with E-state index in [4.69, 9.17) is 10.8 Å². The van der Waals surface area contributed by atoms with Gasteiger partial charge >= 0.3 is 0 Å². The zero-order valence-corrected chi connectivity index (χ0v) is 8.29. The van der Waals surface area contributed by atoms with Crippen LogP contribution in [0.5, 0.6) is 0 Å². The molecule has 2 rings (SSSR count). The number of aliphatic hydroxyl groups is 1. The fraction of sp³-hybridized carbons (Fsp3) is 0.556. The molecular weight excluding hydrogens is 196 g/mol. The number of rotatable bonds is 4. The SMILES string of the molecule is Nc1c(C(=O)NCCO)n[nH]c1C1CC1. The minimum atomic E-state index is -0.343. The molecule has 0 atom stereocenters. The van der Waals surface area contributed by atoms with E-state index in [1.54, 1.807) is 0 Å². The summed E-state index contributed by atoms with van der Waals surface area (Å²) >= 11 is 0. The predicted molar refractivity (Wildman–Crippen MR) is 54.4 cm³/mol. The topological polar surface area (TPSA) is 104 Å². The van der Waals surface area contributed by atoms with Crippen LogP contribution in [0.25, 0.3) is 0 Å². The second kappa shape index (κ2) is 3.90. The first kappa shape index (κ1) is 9.97. The molecule has 1 saturated carbocycles. The van der Waals surface area contributed by atoms with Crippen LogP contribution in [0.3, 0.4) is 0 Å². The van der Waals surface area contributed by atoms with E-state index in [9.17, 15) is 4.79 Å². The molecule has 0 spiro atoms. The van der Waals surface area contributed by atoms with E-state index >= 15 is 0 Å². The van der Waals surface area contributed by atoms with E-state index in [-0.39, 0.29) is 24.8 Å². The Morgan fingerprint density at radius 3 is 3.00 bits per heavy atom. The minimum Gasteiger partial charge on any atom is -0.395 e. The fourth-order valence-corrected chi connectivity index (χ4v) is 1.47. The van der Waals surface area contributed by atoms with Crippen LogP contribution in [0.15, 0.2) is 0 Å². The Bertz CT molecular complexity index is 370. The number of anilines is 1. The van der Waals surface area contributed by atoms with Gasteiger partial charge in [-0.3, -0.25) is 9.89 Å². The quantitative estimate of drug-likeness (QED) is 0.542. The van der Waals surface area contributed by atoms with Gasteiger partial charge in [0.15, 0.2) is 5.69 Å². The van der Waals surface area contributed by atoms with Gasteiger partial charge < -0.3 is 16.2 Å². The molecule has 0 bridgehead atoms. The molecule has 1 aliphatic rings. The number of nitrogen functional groups attached to an aromatic ring is 1. The molecule has 6 heteroatoms. The summed E-state index contributed by atoms with van der Waals surface area (Å²) < 4.78 is 0. The van der Waals surface area contributed by atoms with Crippen molar-refractivity contribution in [1.29, 1.82) is 0 Å². The summed E-state index contributed by atoms with van der Waals surface area (Å²) in [6.45, 7) is 0.120. The standard InChI is InChI=1S/C9H14N4O2/c10-6-7(5-1-2-5)12-13-8(6)9(15)11-3-4-14/h5,14H,1-4,10H2,(H,11,15)(H,12,13). The monoisotopic (exact) mass is 210 g/mol. The number of nitrogens with zero attached hydrogens (tertiary/aromatic N) is 1. The molecule has 82 valence electrons. The van der Waals surface area contributed by atoms with Gasteiger partial charge in [0.2, 0.25) is 0 Å². The Morgan fingerprint density at radius 1 is 1.67 bits per heavy atom. The van der Waals surface area contributed by atoms with Crippen LogP contribution < -0.4 is 11.1 Å². The Balaban J connectivity index is 2.10. The van der Waals surface area contributed by atoms with E-state index in [0.717, 1.165) is 18.5 Å². The number of aromatic amines is 1. The highest BCUT2D eigenvalue weighted by molar-refractivity contribution is 5.97. The lowest BCUT2D eigenvalue weighted by molar-refractivity contribution is 0.0940. The van der Waals surface area contributed by atoms with Gasteiger partial charge in [0.1, 0.15) is 0 Å². The van der Waals surface area contributed by atoms with Crippen LogP contribution in [0, 0.1) is 0 Å². The molecule has 1 aromatic rings. The second-order valence-electron chi connectivity index (χ2n) is 3.65. The van der Waals surface area contributed by atoms with Crippen molar-refractivity contribution < 1.29 is 9.90 Å². The molecule has 0 saturated heterocycles. The van der Waals surface area contributed by atoms with E-state index in [1.807, 2.05) is 0 Å². The first-order chi connectivity index (χ1) is 7.24. The fourth-order valence-electron chi connectivity index (χ4n) is 1.47. The van der Waals surface area contributed by atoms with Crippen LogP contribution in [-0.4, -0.2) is 34.4 Å². The van der Waals surface area contributed by atoms with E-state index in [0.29, 0.717) is 11.6 Å². The molecule has 15 heavy (non-hydrogen) atoms. The van der Waals surface area contributed by atoms with E-state index < -0.39 is 0 Å². The summed E-state index contributed by atoms with van der Waals surface area (Å²) in [5.74, 6) is 0.0987. The first-order valence-electron chi connectivity index (χ1n) is 4.96. The van der Waals surface area contributed by atoms with Crippen molar-refractivity contribution in [2.24, 2.45) is 0 Å². The highest BCUT2D eigenvalue weighted by Gasteiger charge is 2.30. The number of hydrogen-bond acceptors (Lipinski definition) is 4. The maximum absolute atomic E-state index is 11.5. The summed E-state index contributed by atoms with van der Waals surface area (Å²) in [7, 11) is 0. The van der Waals surface area contributed by atoms with Gasteiger partial charge in [0.05, 0.1) is 18.0 Å². The Hall–Kier alpha value is -1.56. The maximum Gasteiger partial charge on any atom is 0.274 e. The van der Waals surface area contributed by atoms with Crippen LogP contribution in [0.2, 0.25) is 0 Å². The number of nitrogens with two attached hydrogens (primary N) is 1. The van der Waals surface area contributed by atoms with Gasteiger partial charge in [-0.05, 0) is 12.8 Å². The van der Waals surface area contributed by atoms with Crippen molar-refractivity contribution in [3.8, 4) is 0 Å². The lowest BCUT2D eigenvalue weighted by Gasteiger charge is -2.00. The minimum absolute atomic E-state index is 0.0917. The maximum atomic E-state index is 11.5. The molecule has 6 nitrogen and oxygen atoms in total. The summed E-state index contributed by atoms with van der Waals surface area (Å²) in [6, 6.07) is 0. The van der Waals surface area contributed by atoms with Gasteiger partial charge in [0.25, 0.3) is 5.91 Å². The Labute approximate surface area is 86.9 Å². The largest absolute Gasteiger partial charge is 0.395 e. The van der Waals surface area contributed by atoms with Crippen molar-refractivity contribution >= 4 is 11.6 Å². The number of carbonyl (C=O) groups excluding carboxylic acids is 1. The molecule has 5 N–H and O–H groups in total. The van der Waals surface area contributed by atoms with E-state index in [1.165, 1.54) is 0 Å². The van der Waals surface area contributed by atoms with Crippen molar-refractivity contribution in [3.63, 3.8) is 0 Å². The third-order valence-electron chi connectivity index (χ3n) is 2.43. The number of nitrogens with one attached hydrogen (secondary N) is 2. The van der Waals surface area contributed by atoms with Crippen molar-refractivity contribution in [2.75, 3.05) is 18.9 Å². The number of aliphatic hydroxyl groups excluding tert-OH is 1. The van der Waals surface area contributed by atoms with Crippen molar-refractivity contribution in [2.45, 2.75) is 18.8 Å². The molecule has 0 aliphatic heterocycles. The molecule has 0 radical (unpaired) electrons. The predicted octanol–water partition coefficient (Wildman–Crippen LogP) is -0.409. The van der Waals surface area contributed by atoms with E-state index in [2.05, 4.69) is 15.5 Å².